The Balaban J connectivity index is 1.78. The highest BCUT2D eigenvalue weighted by Crippen LogP contribution is 2.33. The quantitative estimate of drug-likeness (QED) is 0.681. The van der Waals surface area contributed by atoms with E-state index >= 15 is 0 Å². The maximum absolute atomic E-state index is 14.1. The van der Waals surface area contributed by atoms with Gasteiger partial charge in [-0.1, -0.05) is 27.7 Å². The number of hydrazone groups is 1. The van der Waals surface area contributed by atoms with Crippen LogP contribution in [-0.2, 0) is 19.5 Å². The van der Waals surface area contributed by atoms with Gasteiger partial charge in [0.2, 0.25) is 10.0 Å². The maximum Gasteiger partial charge on any atom is 0.332 e. The molecule has 0 radical (unpaired) electrons. The van der Waals surface area contributed by atoms with E-state index in [1.165, 1.54) is 23.4 Å². The molecule has 0 aliphatic carbocycles. The Kier molecular flexibility index (Phi) is 6.87. The lowest BCUT2D eigenvalue weighted by atomic mass is 9.92. The molecule has 0 spiro atoms. The monoisotopic (exact) mass is 456 g/mol. The first-order valence-corrected chi connectivity index (χ1v) is 11.7. The molecule has 1 saturated heterocycles. The van der Waals surface area contributed by atoms with Gasteiger partial charge in [-0.2, -0.15) is 5.10 Å². The normalized spacial score (nSPS) is 23.4. The summed E-state index contributed by atoms with van der Waals surface area (Å²) in [5.74, 6) is -0.572. The standard InChI is InChI=1S/C20H29FN4O5S/c1-11(2)15-6-13(21)7-16(12(3)4)18(15)23-20(26)24-31(27,28)17-8-22-25-9-14(29-5)10-30-19(17)25/h6-8,11-12,14,17,19H,9-10H2,1-5H3,(H2,23,24,26)/t14-,17?,19?/m1/s1. The number of ether oxygens (including phenoxy) is 2. The Morgan fingerprint density at radius 1 is 1.26 bits per heavy atom. The van der Waals surface area contributed by atoms with Gasteiger partial charge in [-0.25, -0.2) is 22.3 Å². The van der Waals surface area contributed by atoms with Crippen molar-refractivity contribution in [3.63, 3.8) is 0 Å². The molecule has 2 amide bonds. The van der Waals surface area contributed by atoms with E-state index in [-0.39, 0.29) is 24.5 Å². The molecule has 1 aromatic carbocycles. The van der Waals surface area contributed by atoms with Gasteiger partial charge < -0.3 is 14.8 Å². The number of methoxy groups -OCH3 is 1. The second-order valence-corrected chi connectivity index (χ2v) is 10.1. The molecule has 172 valence electrons. The lowest BCUT2D eigenvalue weighted by Crippen LogP contribution is -2.54. The van der Waals surface area contributed by atoms with Crippen LogP contribution in [0.15, 0.2) is 17.2 Å². The molecule has 3 rings (SSSR count). The minimum atomic E-state index is -4.14. The smallest absolute Gasteiger partial charge is 0.332 e. The number of anilines is 1. The van der Waals surface area contributed by atoms with Crippen LogP contribution in [-0.4, -0.2) is 63.5 Å². The predicted octanol–water partition coefficient (Wildman–Crippen LogP) is 2.57. The zero-order chi connectivity index (χ0) is 22.9. The Labute approximate surface area is 182 Å². The number of carbonyl (C=O) groups is 1. The molecule has 1 aromatic rings. The molecule has 0 aromatic heterocycles. The first-order chi connectivity index (χ1) is 14.5. The molecule has 2 aliphatic rings. The van der Waals surface area contributed by atoms with Crippen LogP contribution in [0.3, 0.4) is 0 Å². The van der Waals surface area contributed by atoms with Gasteiger partial charge in [-0.15, -0.1) is 0 Å². The lowest BCUT2D eigenvalue weighted by molar-refractivity contribution is -0.139. The maximum atomic E-state index is 14.1. The second-order valence-electron chi connectivity index (χ2n) is 8.30. The van der Waals surface area contributed by atoms with Crippen LogP contribution in [0.1, 0.15) is 50.7 Å². The van der Waals surface area contributed by atoms with Gasteiger partial charge in [0.05, 0.1) is 19.3 Å². The van der Waals surface area contributed by atoms with E-state index in [4.69, 9.17) is 9.47 Å². The largest absolute Gasteiger partial charge is 0.377 e. The summed E-state index contributed by atoms with van der Waals surface area (Å²) < 4.78 is 52.7. The summed E-state index contributed by atoms with van der Waals surface area (Å²) in [5.41, 5.74) is 1.59. The third-order valence-corrected chi connectivity index (χ3v) is 6.89. The van der Waals surface area contributed by atoms with Crippen LogP contribution in [0.4, 0.5) is 14.9 Å². The van der Waals surface area contributed by atoms with Crippen molar-refractivity contribution in [2.45, 2.75) is 57.1 Å². The average molecular weight is 457 g/mol. The number of hydrogen-bond acceptors (Lipinski definition) is 7. The van der Waals surface area contributed by atoms with E-state index in [1.54, 1.807) is 7.11 Å². The minimum Gasteiger partial charge on any atom is -0.377 e. The van der Waals surface area contributed by atoms with Crippen molar-refractivity contribution in [1.29, 1.82) is 0 Å². The molecular formula is C20H29FN4O5S. The van der Waals surface area contributed by atoms with E-state index in [9.17, 15) is 17.6 Å². The number of fused-ring (bicyclic) bond motifs is 1. The van der Waals surface area contributed by atoms with Crippen molar-refractivity contribution in [2.24, 2.45) is 5.10 Å². The molecular weight excluding hydrogens is 427 g/mol. The number of rotatable bonds is 6. The van der Waals surface area contributed by atoms with Crippen LogP contribution in [0.25, 0.3) is 0 Å². The predicted molar refractivity (Wildman–Crippen MR) is 115 cm³/mol. The van der Waals surface area contributed by atoms with E-state index in [1.807, 2.05) is 27.7 Å². The number of urea groups is 1. The van der Waals surface area contributed by atoms with Crippen LogP contribution in [0.5, 0.6) is 0 Å². The van der Waals surface area contributed by atoms with Gasteiger partial charge in [0.1, 0.15) is 5.82 Å². The lowest BCUT2D eigenvalue weighted by Gasteiger charge is -2.35. The molecule has 1 fully saturated rings. The number of carbonyl (C=O) groups excluding carboxylic acids is 1. The van der Waals surface area contributed by atoms with Gasteiger partial charge in [0.25, 0.3) is 0 Å². The molecule has 9 nitrogen and oxygen atoms in total. The number of halogens is 1. The number of benzene rings is 1. The van der Waals surface area contributed by atoms with E-state index in [0.29, 0.717) is 23.4 Å². The van der Waals surface area contributed by atoms with Crippen LogP contribution >= 0.6 is 0 Å². The number of nitrogens with zero attached hydrogens (tertiary/aromatic N) is 2. The zero-order valence-electron chi connectivity index (χ0n) is 18.3. The fourth-order valence-corrected chi connectivity index (χ4v) is 4.86. The third-order valence-electron chi connectivity index (χ3n) is 5.35. The van der Waals surface area contributed by atoms with Gasteiger partial charge >= 0.3 is 6.03 Å². The SMILES string of the molecule is CO[C@H]1COC2C(S(=O)(=O)NC(=O)Nc3c(C(C)C)cc(F)cc3C(C)C)C=NN2C1. The summed E-state index contributed by atoms with van der Waals surface area (Å²) in [4.78, 5) is 12.7. The Morgan fingerprint density at radius 2 is 1.87 bits per heavy atom. The minimum absolute atomic E-state index is 0.0833. The van der Waals surface area contributed by atoms with Crippen molar-refractivity contribution < 1.29 is 27.1 Å². The van der Waals surface area contributed by atoms with Gasteiger partial charge in [-0.05, 0) is 35.1 Å². The highest BCUT2D eigenvalue weighted by atomic mass is 32.2. The zero-order valence-corrected chi connectivity index (χ0v) is 19.1. The summed E-state index contributed by atoms with van der Waals surface area (Å²) in [6, 6.07) is 1.78. The van der Waals surface area contributed by atoms with Crippen molar-refractivity contribution in [2.75, 3.05) is 25.6 Å². The van der Waals surface area contributed by atoms with Crippen molar-refractivity contribution in [3.8, 4) is 0 Å². The number of hydrogen-bond donors (Lipinski definition) is 2. The highest BCUT2D eigenvalue weighted by molar-refractivity contribution is 7.91. The van der Waals surface area contributed by atoms with E-state index in [2.05, 4.69) is 15.1 Å². The van der Waals surface area contributed by atoms with Crippen molar-refractivity contribution in [3.05, 3.63) is 29.1 Å². The topological polar surface area (TPSA) is 109 Å². The molecule has 2 unspecified atom stereocenters. The molecule has 2 aliphatic heterocycles. The van der Waals surface area contributed by atoms with E-state index in [0.717, 1.165) is 0 Å². The molecule has 31 heavy (non-hydrogen) atoms. The van der Waals surface area contributed by atoms with Crippen molar-refractivity contribution in [1.82, 2.24) is 9.73 Å². The fraction of sp³-hybridized carbons (Fsp3) is 0.600. The summed E-state index contributed by atoms with van der Waals surface area (Å²) in [6.07, 6.45) is 0.198. The van der Waals surface area contributed by atoms with Crippen LogP contribution in [0, 0.1) is 5.82 Å². The molecule has 0 bridgehead atoms. The van der Waals surface area contributed by atoms with Gasteiger partial charge in [-0.3, -0.25) is 5.01 Å². The Hall–Kier alpha value is -2.24. The van der Waals surface area contributed by atoms with Crippen LogP contribution in [0.2, 0.25) is 0 Å². The third kappa shape index (κ3) is 4.99. The summed E-state index contributed by atoms with van der Waals surface area (Å²) in [6.45, 7) is 8.10. The summed E-state index contributed by atoms with van der Waals surface area (Å²) in [5, 5.41) is 7.05. The van der Waals surface area contributed by atoms with E-state index < -0.39 is 33.3 Å². The molecule has 2 N–H and O–H groups in total. The summed E-state index contributed by atoms with van der Waals surface area (Å²) in [7, 11) is -2.60. The molecule has 11 heteroatoms. The number of amides is 2. The molecule has 0 saturated carbocycles. The second kappa shape index (κ2) is 9.09. The summed E-state index contributed by atoms with van der Waals surface area (Å²) >= 11 is 0. The molecule has 2 heterocycles. The fourth-order valence-electron chi connectivity index (χ4n) is 3.68. The highest BCUT2D eigenvalue weighted by Gasteiger charge is 2.45. The van der Waals surface area contributed by atoms with Gasteiger partial charge in [0, 0.05) is 19.0 Å². The first kappa shape index (κ1) is 23.4. The first-order valence-electron chi connectivity index (χ1n) is 10.1. The molecule has 3 atom stereocenters. The van der Waals surface area contributed by atoms with Gasteiger partial charge in [0.15, 0.2) is 11.5 Å². The Bertz CT molecular complexity index is 937. The number of nitrogens with one attached hydrogen (secondary N) is 2. The average Bonchev–Trinajstić information content (AvgIpc) is 3.12. The van der Waals surface area contributed by atoms with Crippen LogP contribution < -0.4 is 10.0 Å². The number of sulfonamides is 1. The van der Waals surface area contributed by atoms with Crippen molar-refractivity contribution >= 4 is 28.0 Å². The Morgan fingerprint density at radius 3 is 2.42 bits per heavy atom.